The summed E-state index contributed by atoms with van der Waals surface area (Å²) in [6.07, 6.45) is 1.01. The Hall–Kier alpha value is -2.61. The molecular formula is C18H18FN3O3S. The van der Waals surface area contributed by atoms with Gasteiger partial charge in [0.05, 0.1) is 5.69 Å². The first-order valence-corrected chi connectivity index (χ1v) is 9.88. The highest BCUT2D eigenvalue weighted by Gasteiger charge is 2.20. The van der Waals surface area contributed by atoms with E-state index in [4.69, 9.17) is 0 Å². The van der Waals surface area contributed by atoms with Crippen molar-refractivity contribution in [3.63, 3.8) is 0 Å². The second kappa shape index (κ2) is 6.28. The molecule has 8 heteroatoms. The SMILES string of the molecule is Cc1cc(F)ccc1-c1nc(S(C)(=O)=O)nc2c1ccc(=O)n2C(C)C. The van der Waals surface area contributed by atoms with E-state index >= 15 is 0 Å². The molecule has 0 aliphatic heterocycles. The van der Waals surface area contributed by atoms with Crippen LogP contribution in [0.5, 0.6) is 0 Å². The Morgan fingerprint density at radius 2 is 1.81 bits per heavy atom. The van der Waals surface area contributed by atoms with Crippen LogP contribution in [-0.4, -0.2) is 29.2 Å². The Bertz CT molecular complexity index is 1180. The predicted octanol–water partition coefficient (Wildman–Crippen LogP) is 2.89. The van der Waals surface area contributed by atoms with Crippen molar-refractivity contribution in [1.82, 2.24) is 14.5 Å². The molecule has 0 bridgehead atoms. The summed E-state index contributed by atoms with van der Waals surface area (Å²) in [6, 6.07) is 6.92. The molecule has 26 heavy (non-hydrogen) atoms. The third-order valence-electron chi connectivity index (χ3n) is 4.05. The van der Waals surface area contributed by atoms with Crippen LogP contribution in [0.15, 0.2) is 40.3 Å². The van der Waals surface area contributed by atoms with Crippen molar-refractivity contribution >= 4 is 20.9 Å². The first-order valence-electron chi connectivity index (χ1n) is 7.99. The zero-order valence-corrected chi connectivity index (χ0v) is 15.6. The zero-order valence-electron chi connectivity index (χ0n) is 14.8. The van der Waals surface area contributed by atoms with E-state index in [1.807, 2.05) is 13.8 Å². The van der Waals surface area contributed by atoms with Gasteiger partial charge in [0.1, 0.15) is 11.5 Å². The van der Waals surface area contributed by atoms with E-state index in [0.29, 0.717) is 22.2 Å². The van der Waals surface area contributed by atoms with E-state index in [9.17, 15) is 17.6 Å². The number of sulfone groups is 1. The van der Waals surface area contributed by atoms with Gasteiger partial charge in [-0.2, -0.15) is 4.98 Å². The van der Waals surface area contributed by atoms with Gasteiger partial charge in [-0.3, -0.25) is 9.36 Å². The largest absolute Gasteiger partial charge is 0.290 e. The van der Waals surface area contributed by atoms with E-state index in [-0.39, 0.29) is 22.4 Å². The molecule has 6 nitrogen and oxygen atoms in total. The summed E-state index contributed by atoms with van der Waals surface area (Å²) in [7, 11) is -3.71. The van der Waals surface area contributed by atoms with E-state index in [1.165, 1.54) is 22.8 Å². The number of benzene rings is 1. The number of halogens is 1. The highest BCUT2D eigenvalue weighted by atomic mass is 32.2. The van der Waals surface area contributed by atoms with E-state index in [1.54, 1.807) is 19.1 Å². The van der Waals surface area contributed by atoms with Crippen LogP contribution in [0.2, 0.25) is 0 Å². The summed E-state index contributed by atoms with van der Waals surface area (Å²) in [5, 5.41) is 0.157. The molecule has 0 N–H and O–H groups in total. The van der Waals surface area contributed by atoms with Crippen molar-refractivity contribution in [2.45, 2.75) is 32.0 Å². The Labute approximate surface area is 150 Å². The van der Waals surface area contributed by atoms with Gasteiger partial charge in [0.15, 0.2) is 0 Å². The minimum atomic E-state index is -3.71. The molecule has 0 atom stereocenters. The van der Waals surface area contributed by atoms with Crippen LogP contribution in [0.3, 0.4) is 0 Å². The zero-order chi connectivity index (χ0) is 19.2. The van der Waals surface area contributed by atoms with Crippen LogP contribution >= 0.6 is 0 Å². The maximum absolute atomic E-state index is 13.5. The summed E-state index contributed by atoms with van der Waals surface area (Å²) in [5.74, 6) is -0.396. The number of fused-ring (bicyclic) bond motifs is 1. The van der Waals surface area contributed by atoms with Gasteiger partial charge in [0, 0.05) is 29.3 Å². The molecule has 3 rings (SSSR count). The summed E-state index contributed by atoms with van der Waals surface area (Å²) < 4.78 is 39.1. The van der Waals surface area contributed by atoms with Crippen molar-refractivity contribution in [3.05, 3.63) is 52.1 Å². The number of aryl methyl sites for hydroxylation is 1. The van der Waals surface area contributed by atoms with Crippen molar-refractivity contribution in [2.75, 3.05) is 6.26 Å². The van der Waals surface area contributed by atoms with Gasteiger partial charge in [-0.25, -0.2) is 17.8 Å². The normalized spacial score (nSPS) is 12.1. The third kappa shape index (κ3) is 3.12. The highest BCUT2D eigenvalue weighted by Crippen LogP contribution is 2.30. The van der Waals surface area contributed by atoms with Gasteiger partial charge in [0.25, 0.3) is 5.56 Å². The van der Waals surface area contributed by atoms with E-state index in [2.05, 4.69) is 9.97 Å². The number of hydrogen-bond donors (Lipinski definition) is 0. The minimum Gasteiger partial charge on any atom is -0.290 e. The second-order valence-corrected chi connectivity index (χ2v) is 8.37. The van der Waals surface area contributed by atoms with E-state index in [0.717, 1.165) is 6.26 Å². The fraction of sp³-hybridized carbons (Fsp3) is 0.278. The summed E-state index contributed by atoms with van der Waals surface area (Å²) in [6.45, 7) is 5.34. The Morgan fingerprint density at radius 1 is 1.12 bits per heavy atom. The molecule has 0 spiro atoms. The standard InChI is InChI=1S/C18H18FN3O3S/c1-10(2)22-15(23)8-7-14-16(13-6-5-12(19)9-11(13)3)20-18(21-17(14)22)26(4,24)25/h5-10H,1-4H3. The summed E-state index contributed by atoms with van der Waals surface area (Å²) in [4.78, 5) is 20.7. The number of aromatic nitrogens is 3. The van der Waals surface area contributed by atoms with Crippen molar-refractivity contribution in [3.8, 4) is 11.3 Å². The van der Waals surface area contributed by atoms with Gasteiger partial charge >= 0.3 is 0 Å². The molecule has 1 aromatic carbocycles. The fourth-order valence-corrected chi connectivity index (χ4v) is 3.39. The maximum atomic E-state index is 13.5. The Balaban J connectivity index is 2.53. The van der Waals surface area contributed by atoms with Crippen molar-refractivity contribution in [1.29, 1.82) is 0 Å². The molecular weight excluding hydrogens is 357 g/mol. The molecule has 0 unspecified atom stereocenters. The topological polar surface area (TPSA) is 81.9 Å². The van der Waals surface area contributed by atoms with Gasteiger partial charge in [0.2, 0.25) is 15.0 Å². The average Bonchev–Trinajstić information content (AvgIpc) is 2.52. The molecule has 136 valence electrons. The smallest absolute Gasteiger partial charge is 0.252 e. The number of pyridine rings is 1. The van der Waals surface area contributed by atoms with Crippen LogP contribution in [0, 0.1) is 12.7 Å². The van der Waals surface area contributed by atoms with Crippen LogP contribution in [0.4, 0.5) is 4.39 Å². The highest BCUT2D eigenvalue weighted by molar-refractivity contribution is 7.90. The fourth-order valence-electron chi connectivity index (χ4n) is 2.88. The molecule has 0 aliphatic rings. The molecule has 2 aromatic heterocycles. The number of nitrogens with zero attached hydrogens (tertiary/aromatic N) is 3. The molecule has 0 saturated carbocycles. The van der Waals surface area contributed by atoms with Crippen LogP contribution in [0.1, 0.15) is 25.5 Å². The third-order valence-corrected chi connectivity index (χ3v) is 4.90. The average molecular weight is 375 g/mol. The van der Waals surface area contributed by atoms with Crippen LogP contribution in [-0.2, 0) is 9.84 Å². The summed E-state index contributed by atoms with van der Waals surface area (Å²) in [5.41, 5.74) is 1.49. The maximum Gasteiger partial charge on any atom is 0.252 e. The lowest BCUT2D eigenvalue weighted by Crippen LogP contribution is -2.23. The Kier molecular flexibility index (Phi) is 4.39. The van der Waals surface area contributed by atoms with Crippen molar-refractivity contribution in [2.24, 2.45) is 0 Å². The molecule has 0 aliphatic carbocycles. The summed E-state index contributed by atoms with van der Waals surface area (Å²) >= 11 is 0. The molecule has 3 aromatic rings. The van der Waals surface area contributed by atoms with Crippen molar-refractivity contribution < 1.29 is 12.8 Å². The Morgan fingerprint density at radius 3 is 2.38 bits per heavy atom. The lowest BCUT2D eigenvalue weighted by atomic mass is 10.0. The lowest BCUT2D eigenvalue weighted by Gasteiger charge is -2.16. The number of hydrogen-bond acceptors (Lipinski definition) is 5. The lowest BCUT2D eigenvalue weighted by molar-refractivity contribution is 0.582. The van der Waals surface area contributed by atoms with Gasteiger partial charge < -0.3 is 0 Å². The van der Waals surface area contributed by atoms with Crippen LogP contribution in [0.25, 0.3) is 22.3 Å². The van der Waals surface area contributed by atoms with Gasteiger partial charge in [-0.1, -0.05) is 0 Å². The molecule has 0 amide bonds. The van der Waals surface area contributed by atoms with E-state index < -0.39 is 15.7 Å². The molecule has 0 saturated heterocycles. The molecule has 0 radical (unpaired) electrons. The van der Waals surface area contributed by atoms with Crippen LogP contribution < -0.4 is 5.56 Å². The second-order valence-electron chi connectivity index (χ2n) is 6.46. The quantitative estimate of drug-likeness (QED) is 0.658. The molecule has 0 fully saturated rings. The first-order chi connectivity index (χ1) is 12.1. The number of rotatable bonds is 3. The minimum absolute atomic E-state index is 0.226. The predicted molar refractivity (Wildman–Crippen MR) is 97.4 cm³/mol. The van der Waals surface area contributed by atoms with Gasteiger partial charge in [-0.05, 0) is 50.6 Å². The van der Waals surface area contributed by atoms with Gasteiger partial charge in [-0.15, -0.1) is 0 Å². The first kappa shape index (κ1) is 18.2. The molecule has 2 heterocycles. The monoisotopic (exact) mass is 375 g/mol.